The van der Waals surface area contributed by atoms with Crippen LogP contribution in [0.3, 0.4) is 0 Å². The monoisotopic (exact) mass is 440 g/mol. The summed E-state index contributed by atoms with van der Waals surface area (Å²) in [5.41, 5.74) is 3.12. The minimum atomic E-state index is 0.412. The van der Waals surface area contributed by atoms with E-state index in [1.165, 1.54) is 6.33 Å². The van der Waals surface area contributed by atoms with E-state index in [0.29, 0.717) is 26.7 Å². The van der Waals surface area contributed by atoms with Crippen molar-refractivity contribution in [2.45, 2.75) is 0 Å². The van der Waals surface area contributed by atoms with Gasteiger partial charge in [-0.3, -0.25) is 4.98 Å². The molecule has 0 amide bonds. The molecule has 2 aromatic carbocycles. The van der Waals surface area contributed by atoms with E-state index in [2.05, 4.69) is 30.9 Å². The summed E-state index contributed by atoms with van der Waals surface area (Å²) in [4.78, 5) is 12.7. The molecule has 4 aromatic rings. The minimum absolute atomic E-state index is 0.412. The molecule has 9 heteroatoms. The van der Waals surface area contributed by atoms with E-state index in [9.17, 15) is 0 Å². The van der Waals surface area contributed by atoms with E-state index < -0.39 is 0 Å². The zero-order valence-corrected chi connectivity index (χ0v) is 17.2. The molecular formula is C20H14Cl2N6S. The first-order valence-corrected chi connectivity index (χ1v) is 9.69. The molecule has 0 spiro atoms. The molecule has 6 nitrogen and oxygen atoms in total. The van der Waals surface area contributed by atoms with Crippen molar-refractivity contribution >= 4 is 74.3 Å². The van der Waals surface area contributed by atoms with Gasteiger partial charge in [0.25, 0.3) is 0 Å². The van der Waals surface area contributed by atoms with Crippen LogP contribution in [0, 0.1) is 0 Å². The van der Waals surface area contributed by atoms with Crippen LogP contribution >= 0.6 is 35.4 Å². The molecule has 4 rings (SSSR count). The minimum Gasteiger partial charge on any atom is -0.340 e. The lowest BCUT2D eigenvalue weighted by Crippen LogP contribution is -2.19. The zero-order chi connectivity index (χ0) is 20.2. The first-order valence-electron chi connectivity index (χ1n) is 8.53. The van der Waals surface area contributed by atoms with Crippen molar-refractivity contribution in [2.24, 2.45) is 0 Å². The van der Waals surface area contributed by atoms with Crippen LogP contribution in [-0.4, -0.2) is 20.1 Å². The maximum absolute atomic E-state index is 6.07. The summed E-state index contributed by atoms with van der Waals surface area (Å²) >= 11 is 17.4. The fourth-order valence-electron chi connectivity index (χ4n) is 2.71. The van der Waals surface area contributed by atoms with Gasteiger partial charge >= 0.3 is 0 Å². The van der Waals surface area contributed by atoms with Crippen LogP contribution in [0.5, 0.6) is 0 Å². The summed E-state index contributed by atoms with van der Waals surface area (Å²) < 4.78 is 0. The van der Waals surface area contributed by atoms with Crippen LogP contribution in [0.2, 0.25) is 10.0 Å². The number of anilines is 4. The Balaban J connectivity index is 1.57. The lowest BCUT2D eigenvalue weighted by atomic mass is 10.2. The molecule has 0 aliphatic rings. The van der Waals surface area contributed by atoms with E-state index >= 15 is 0 Å². The second-order valence-electron chi connectivity index (χ2n) is 6.06. The smallest absolute Gasteiger partial charge is 0.175 e. The predicted molar refractivity (Wildman–Crippen MR) is 123 cm³/mol. The average Bonchev–Trinajstić information content (AvgIpc) is 2.68. The average molecular weight is 441 g/mol. The highest BCUT2D eigenvalue weighted by molar-refractivity contribution is 7.80. The first-order chi connectivity index (χ1) is 14.1. The fraction of sp³-hybridized carbons (Fsp3) is 0. The number of fused-ring (bicyclic) bond motifs is 1. The molecule has 0 aliphatic carbocycles. The number of nitrogens with zero attached hydrogens (tertiary/aromatic N) is 3. The van der Waals surface area contributed by atoms with Gasteiger partial charge in [0, 0.05) is 28.0 Å². The zero-order valence-electron chi connectivity index (χ0n) is 14.9. The van der Waals surface area contributed by atoms with Crippen LogP contribution in [0.1, 0.15) is 0 Å². The third-order valence-electron chi connectivity index (χ3n) is 3.94. The topological polar surface area (TPSA) is 74.8 Å². The number of pyridine rings is 1. The van der Waals surface area contributed by atoms with Gasteiger partial charge in [-0.1, -0.05) is 29.3 Å². The summed E-state index contributed by atoms with van der Waals surface area (Å²) in [5, 5.41) is 11.9. The van der Waals surface area contributed by atoms with Gasteiger partial charge < -0.3 is 16.0 Å². The Kier molecular flexibility index (Phi) is 5.71. The Morgan fingerprint density at radius 1 is 0.828 bits per heavy atom. The summed E-state index contributed by atoms with van der Waals surface area (Å²) in [7, 11) is 0. The normalized spacial score (nSPS) is 10.6. The van der Waals surface area contributed by atoms with Crippen molar-refractivity contribution in [3.05, 3.63) is 77.3 Å². The van der Waals surface area contributed by atoms with Gasteiger partial charge in [-0.05, 0) is 54.7 Å². The van der Waals surface area contributed by atoms with Crippen molar-refractivity contribution in [3.8, 4) is 0 Å². The van der Waals surface area contributed by atoms with E-state index in [0.717, 1.165) is 22.3 Å². The number of benzene rings is 2. The number of aromatic nitrogens is 3. The highest BCUT2D eigenvalue weighted by Crippen LogP contribution is 2.27. The number of thiocarbonyl (C=S) groups is 1. The first kappa shape index (κ1) is 19.3. The summed E-state index contributed by atoms with van der Waals surface area (Å²) in [6.07, 6.45) is 4.71. The highest BCUT2D eigenvalue weighted by atomic mass is 35.5. The molecule has 2 heterocycles. The van der Waals surface area contributed by atoms with Crippen LogP contribution in [-0.2, 0) is 0 Å². The molecule has 0 fully saturated rings. The highest BCUT2D eigenvalue weighted by Gasteiger charge is 2.07. The van der Waals surface area contributed by atoms with Gasteiger partial charge in [-0.2, -0.15) is 0 Å². The maximum Gasteiger partial charge on any atom is 0.175 e. The van der Waals surface area contributed by atoms with Crippen LogP contribution in [0.4, 0.5) is 22.9 Å². The second-order valence-corrected chi connectivity index (χ2v) is 7.34. The molecule has 0 aliphatic heterocycles. The molecule has 144 valence electrons. The molecule has 2 aromatic heterocycles. The molecule has 3 N–H and O–H groups in total. The largest absolute Gasteiger partial charge is 0.340 e. The van der Waals surface area contributed by atoms with E-state index in [1.54, 1.807) is 18.5 Å². The lowest BCUT2D eigenvalue weighted by Gasteiger charge is -2.13. The van der Waals surface area contributed by atoms with Crippen LogP contribution < -0.4 is 16.0 Å². The molecule has 0 saturated carbocycles. The summed E-state index contributed by atoms with van der Waals surface area (Å²) in [6, 6.07) is 14.9. The van der Waals surface area contributed by atoms with Gasteiger partial charge in [0.2, 0.25) is 0 Å². The Morgan fingerprint density at radius 3 is 2.48 bits per heavy atom. The van der Waals surface area contributed by atoms with Gasteiger partial charge in [-0.15, -0.1) is 0 Å². The number of nitrogens with one attached hydrogen (secondary N) is 3. The molecule has 0 bridgehead atoms. The molecule has 0 unspecified atom stereocenters. The standard InChI is InChI=1S/C20H14Cl2N6S/c21-12-2-1-3-14(6-12)26-19-17-8-15(4-5-18(17)24-11-25-19)27-20(29)28-16-7-13(22)9-23-10-16/h1-11H,(H,24,25,26)(H2,27,28,29). The van der Waals surface area contributed by atoms with Crippen molar-refractivity contribution in [3.63, 3.8) is 0 Å². The fourth-order valence-corrected chi connectivity index (χ4v) is 3.31. The van der Waals surface area contributed by atoms with Crippen molar-refractivity contribution in [1.29, 1.82) is 0 Å². The van der Waals surface area contributed by atoms with E-state index in [4.69, 9.17) is 35.4 Å². The number of halogens is 2. The summed E-state index contributed by atoms with van der Waals surface area (Å²) in [6.45, 7) is 0. The Morgan fingerprint density at radius 2 is 1.66 bits per heavy atom. The molecule has 0 saturated heterocycles. The third kappa shape index (κ3) is 4.89. The van der Waals surface area contributed by atoms with Crippen molar-refractivity contribution in [1.82, 2.24) is 15.0 Å². The Hall–Kier alpha value is -3.00. The van der Waals surface area contributed by atoms with Crippen LogP contribution in [0.25, 0.3) is 10.9 Å². The summed E-state index contributed by atoms with van der Waals surface area (Å²) in [5.74, 6) is 0.666. The molecule has 0 atom stereocenters. The van der Waals surface area contributed by atoms with Crippen LogP contribution in [0.15, 0.2) is 67.3 Å². The maximum atomic E-state index is 6.07. The lowest BCUT2D eigenvalue weighted by molar-refractivity contribution is 1.22. The quantitative estimate of drug-likeness (QED) is 0.341. The number of rotatable bonds is 4. The van der Waals surface area contributed by atoms with Gasteiger partial charge in [0.15, 0.2) is 5.11 Å². The predicted octanol–water partition coefficient (Wildman–Crippen LogP) is 5.88. The van der Waals surface area contributed by atoms with E-state index in [-0.39, 0.29) is 0 Å². The van der Waals surface area contributed by atoms with Gasteiger partial charge in [0.1, 0.15) is 12.1 Å². The third-order valence-corrected chi connectivity index (χ3v) is 4.59. The molecule has 29 heavy (non-hydrogen) atoms. The molecule has 0 radical (unpaired) electrons. The van der Waals surface area contributed by atoms with Gasteiger partial charge in [-0.25, -0.2) is 9.97 Å². The van der Waals surface area contributed by atoms with E-state index in [1.807, 2.05) is 42.5 Å². The molecular weight excluding hydrogens is 427 g/mol. The number of hydrogen-bond donors (Lipinski definition) is 3. The SMILES string of the molecule is S=C(Nc1cncc(Cl)c1)Nc1ccc2ncnc(Nc3cccc(Cl)c3)c2c1. The Bertz CT molecular complexity index is 1200. The number of hydrogen-bond acceptors (Lipinski definition) is 5. The second kappa shape index (κ2) is 8.57. The van der Waals surface area contributed by atoms with Crippen molar-refractivity contribution in [2.75, 3.05) is 16.0 Å². The van der Waals surface area contributed by atoms with Crippen molar-refractivity contribution < 1.29 is 0 Å². The van der Waals surface area contributed by atoms with Gasteiger partial charge in [0.05, 0.1) is 22.4 Å². The Labute approximate surface area is 182 Å².